The van der Waals surface area contributed by atoms with Gasteiger partial charge in [0.25, 0.3) is 11.5 Å². The van der Waals surface area contributed by atoms with Gasteiger partial charge in [0.15, 0.2) is 0 Å². The van der Waals surface area contributed by atoms with Crippen LogP contribution in [0.5, 0.6) is 0 Å². The number of para-hydroxylation sites is 1. The van der Waals surface area contributed by atoms with Gasteiger partial charge in [-0.05, 0) is 80.8 Å². The molecular weight excluding hydrogens is 548 g/mol. The van der Waals surface area contributed by atoms with Crippen LogP contribution >= 0.6 is 0 Å². The Hall–Kier alpha value is -4.15. The molecule has 11 heteroatoms. The summed E-state index contributed by atoms with van der Waals surface area (Å²) in [6.07, 6.45) is -9.88. The summed E-state index contributed by atoms with van der Waals surface area (Å²) < 4.78 is 82.5. The molecule has 1 heterocycles. The van der Waals surface area contributed by atoms with E-state index < -0.39 is 46.6 Å². The first kappa shape index (κ1) is 29.8. The lowest BCUT2D eigenvalue weighted by atomic mass is 10.0. The molecule has 0 aliphatic heterocycles. The Morgan fingerprint density at radius 2 is 1.51 bits per heavy atom. The van der Waals surface area contributed by atoms with E-state index in [9.17, 15) is 35.9 Å². The maximum Gasteiger partial charge on any atom is 0.416 e. The zero-order valence-electron chi connectivity index (χ0n) is 22.7. The molecule has 0 radical (unpaired) electrons. The van der Waals surface area contributed by atoms with Gasteiger partial charge < -0.3 is 4.90 Å². The molecule has 0 bridgehead atoms. The number of aromatic nitrogens is 2. The van der Waals surface area contributed by atoms with Crippen molar-refractivity contribution in [2.45, 2.75) is 52.5 Å². The second-order valence-corrected chi connectivity index (χ2v) is 9.87. The number of benzene rings is 3. The number of rotatable bonds is 6. The largest absolute Gasteiger partial charge is 0.416 e. The molecule has 5 nitrogen and oxygen atoms in total. The maximum atomic E-state index is 13.8. The van der Waals surface area contributed by atoms with Gasteiger partial charge in [-0.2, -0.15) is 26.3 Å². The lowest BCUT2D eigenvalue weighted by Gasteiger charge is -2.31. The van der Waals surface area contributed by atoms with Crippen molar-refractivity contribution in [3.8, 4) is 5.69 Å². The fourth-order valence-electron chi connectivity index (χ4n) is 4.64. The van der Waals surface area contributed by atoms with Crippen molar-refractivity contribution in [3.05, 3.63) is 105 Å². The number of nitrogens with zero attached hydrogens (tertiary/aromatic N) is 3. The predicted molar refractivity (Wildman–Crippen MR) is 143 cm³/mol. The highest BCUT2D eigenvalue weighted by atomic mass is 19.4. The number of alkyl halides is 6. The highest BCUT2D eigenvalue weighted by Gasteiger charge is 2.38. The van der Waals surface area contributed by atoms with Gasteiger partial charge in [0.2, 0.25) is 0 Å². The van der Waals surface area contributed by atoms with Gasteiger partial charge in [-0.3, -0.25) is 14.2 Å². The van der Waals surface area contributed by atoms with Crippen molar-refractivity contribution in [1.82, 2.24) is 14.5 Å². The molecule has 0 spiro atoms. The van der Waals surface area contributed by atoms with E-state index in [-0.39, 0.29) is 18.4 Å². The van der Waals surface area contributed by atoms with Crippen LogP contribution in [0.4, 0.5) is 26.3 Å². The Kier molecular flexibility index (Phi) is 8.02. The molecule has 41 heavy (non-hydrogen) atoms. The zero-order chi connectivity index (χ0) is 30.3. The number of hydrogen-bond acceptors (Lipinski definition) is 3. The van der Waals surface area contributed by atoms with Crippen LogP contribution in [0, 0.1) is 13.8 Å². The van der Waals surface area contributed by atoms with E-state index in [1.165, 1.54) is 4.57 Å². The Morgan fingerprint density at radius 3 is 2.07 bits per heavy atom. The van der Waals surface area contributed by atoms with Crippen molar-refractivity contribution in [1.29, 1.82) is 0 Å². The van der Waals surface area contributed by atoms with E-state index in [4.69, 9.17) is 0 Å². The molecule has 1 aromatic heterocycles. The number of amides is 1. The summed E-state index contributed by atoms with van der Waals surface area (Å²) in [7, 11) is 0. The van der Waals surface area contributed by atoms with Crippen LogP contribution < -0.4 is 5.56 Å². The summed E-state index contributed by atoms with van der Waals surface area (Å²) in [5.41, 5.74) is -1.73. The molecule has 1 atom stereocenters. The number of halogens is 6. The van der Waals surface area contributed by atoms with Crippen LogP contribution in [-0.4, -0.2) is 26.9 Å². The third-order valence-electron chi connectivity index (χ3n) is 6.95. The standard InChI is InChI=1S/C30H27F6N3O2/c1-5-12-38(27(40)20-14-21(29(31,32)33)16-22(15-20)30(34,35)36)19(4)26-37-25-9-7-6-8-24(25)28(41)39(26)23-11-10-17(2)18(3)13-23/h6-11,13-16,19H,5,12H2,1-4H3. The van der Waals surface area contributed by atoms with Crippen LogP contribution in [0.3, 0.4) is 0 Å². The lowest BCUT2D eigenvalue weighted by Crippen LogP contribution is -2.38. The minimum atomic E-state index is -5.11. The van der Waals surface area contributed by atoms with E-state index in [0.717, 1.165) is 16.0 Å². The molecule has 3 aromatic carbocycles. The summed E-state index contributed by atoms with van der Waals surface area (Å²) >= 11 is 0. The number of hydrogen-bond donors (Lipinski definition) is 0. The molecule has 0 saturated carbocycles. The van der Waals surface area contributed by atoms with Crippen molar-refractivity contribution in [2.24, 2.45) is 0 Å². The number of fused-ring (bicyclic) bond motifs is 1. The van der Waals surface area contributed by atoms with Crippen LogP contribution in [0.1, 0.15) is 64.7 Å². The number of carbonyl (C=O) groups excluding carboxylic acids is 1. The molecule has 4 rings (SSSR count). The van der Waals surface area contributed by atoms with E-state index in [2.05, 4.69) is 4.98 Å². The molecule has 0 N–H and O–H groups in total. The Balaban J connectivity index is 1.93. The highest BCUT2D eigenvalue weighted by molar-refractivity contribution is 5.95. The molecule has 216 valence electrons. The topological polar surface area (TPSA) is 55.2 Å². The van der Waals surface area contributed by atoms with Crippen molar-refractivity contribution in [3.63, 3.8) is 0 Å². The van der Waals surface area contributed by atoms with Gasteiger partial charge >= 0.3 is 12.4 Å². The number of aryl methyl sites for hydroxylation is 2. The Labute approximate surface area is 232 Å². The SMILES string of the molecule is CCCN(C(=O)c1cc(C(F)(F)F)cc(C(F)(F)F)c1)C(C)c1nc2ccccc2c(=O)n1-c1ccc(C)c(C)c1. The van der Waals surface area contributed by atoms with Crippen LogP contribution in [-0.2, 0) is 12.4 Å². The second-order valence-electron chi connectivity index (χ2n) is 9.87. The van der Waals surface area contributed by atoms with E-state index in [1.54, 1.807) is 50.2 Å². The monoisotopic (exact) mass is 575 g/mol. The third kappa shape index (κ3) is 5.98. The fourth-order valence-corrected chi connectivity index (χ4v) is 4.64. The van der Waals surface area contributed by atoms with Crippen molar-refractivity contribution in [2.75, 3.05) is 6.54 Å². The average molecular weight is 576 g/mol. The molecule has 0 fully saturated rings. The van der Waals surface area contributed by atoms with Crippen LogP contribution in [0.15, 0.2) is 65.5 Å². The van der Waals surface area contributed by atoms with Gasteiger partial charge in [0, 0.05) is 12.1 Å². The summed E-state index contributed by atoms with van der Waals surface area (Å²) in [5.74, 6) is -0.938. The minimum absolute atomic E-state index is 0.0206. The smallest absolute Gasteiger partial charge is 0.329 e. The van der Waals surface area contributed by atoms with Crippen LogP contribution in [0.2, 0.25) is 0 Å². The number of carbonyl (C=O) groups is 1. The normalized spacial score (nSPS) is 12.9. The molecule has 1 amide bonds. The summed E-state index contributed by atoms with van der Waals surface area (Å²) in [5, 5.41) is 0.308. The summed E-state index contributed by atoms with van der Waals surface area (Å²) in [6, 6.07) is 11.7. The van der Waals surface area contributed by atoms with Gasteiger partial charge in [-0.15, -0.1) is 0 Å². The highest BCUT2D eigenvalue weighted by Crippen LogP contribution is 2.37. The third-order valence-corrected chi connectivity index (χ3v) is 6.95. The Morgan fingerprint density at radius 1 is 0.902 bits per heavy atom. The quantitative estimate of drug-likeness (QED) is 0.222. The molecule has 1 unspecified atom stereocenters. The molecule has 0 saturated heterocycles. The van der Waals surface area contributed by atoms with Gasteiger partial charge in [-0.1, -0.05) is 25.1 Å². The first-order valence-corrected chi connectivity index (χ1v) is 12.8. The van der Waals surface area contributed by atoms with E-state index in [1.807, 2.05) is 19.9 Å². The zero-order valence-corrected chi connectivity index (χ0v) is 22.7. The first-order chi connectivity index (χ1) is 19.1. The molecule has 4 aromatic rings. The first-order valence-electron chi connectivity index (χ1n) is 12.8. The summed E-state index contributed by atoms with van der Waals surface area (Å²) in [6.45, 7) is 6.99. The second kappa shape index (κ2) is 11.0. The fraction of sp³-hybridized carbons (Fsp3) is 0.300. The lowest BCUT2D eigenvalue weighted by molar-refractivity contribution is -0.143. The minimum Gasteiger partial charge on any atom is -0.329 e. The summed E-state index contributed by atoms with van der Waals surface area (Å²) in [4.78, 5) is 33.2. The van der Waals surface area contributed by atoms with E-state index >= 15 is 0 Å². The predicted octanol–water partition coefficient (Wildman–Crippen LogP) is 7.65. The van der Waals surface area contributed by atoms with Gasteiger partial charge in [-0.25, -0.2) is 4.98 Å². The van der Waals surface area contributed by atoms with Crippen LogP contribution in [0.25, 0.3) is 16.6 Å². The van der Waals surface area contributed by atoms with Gasteiger partial charge in [0.1, 0.15) is 5.82 Å². The molecule has 0 aliphatic carbocycles. The van der Waals surface area contributed by atoms with E-state index in [0.29, 0.717) is 35.1 Å². The average Bonchev–Trinajstić information content (AvgIpc) is 2.91. The van der Waals surface area contributed by atoms with Crippen molar-refractivity contribution < 1.29 is 31.1 Å². The molecular formula is C30H27F6N3O2. The molecule has 0 aliphatic rings. The van der Waals surface area contributed by atoms with Crippen molar-refractivity contribution >= 4 is 16.8 Å². The maximum absolute atomic E-state index is 13.8. The Bertz CT molecular complexity index is 1640. The van der Waals surface area contributed by atoms with Gasteiger partial charge in [0.05, 0.1) is 33.8 Å².